The summed E-state index contributed by atoms with van der Waals surface area (Å²) in [4.78, 5) is 24.5. The Bertz CT molecular complexity index is 934. The van der Waals surface area contributed by atoms with Crippen LogP contribution in [0.15, 0.2) is 34.9 Å². The second kappa shape index (κ2) is 6.64. The van der Waals surface area contributed by atoms with Gasteiger partial charge in [-0.05, 0) is 26.3 Å². The fourth-order valence-corrected chi connectivity index (χ4v) is 4.48. The molecule has 0 bridgehead atoms. The standard InChI is InChI=1S/C19H20N4O2S/c1-11-17(26-13(3)20-11)19(24)23-9-15(14-7-5-4-6-8-14)16(10-23)18-21-12(2)22-25-18/h4-8,15-16H,9-10H2,1-3H3. The SMILES string of the molecule is Cc1noc(C2CN(C(=O)c3sc(C)nc3C)CC2c2ccccc2)n1. The molecule has 134 valence electrons. The number of amides is 1. The van der Waals surface area contributed by atoms with E-state index in [1.165, 1.54) is 16.9 Å². The molecule has 4 rings (SSSR count). The highest BCUT2D eigenvalue weighted by Gasteiger charge is 2.41. The number of rotatable bonds is 3. The van der Waals surface area contributed by atoms with Crippen LogP contribution in [0.4, 0.5) is 0 Å². The van der Waals surface area contributed by atoms with Crippen molar-refractivity contribution >= 4 is 17.2 Å². The third-order valence-corrected chi connectivity index (χ3v) is 5.85. The van der Waals surface area contributed by atoms with Gasteiger partial charge in [0.1, 0.15) is 4.88 Å². The van der Waals surface area contributed by atoms with E-state index >= 15 is 0 Å². The predicted octanol–water partition coefficient (Wildman–Crippen LogP) is 3.47. The second-order valence-corrected chi connectivity index (χ2v) is 7.86. The molecule has 1 aromatic carbocycles. The molecule has 1 aliphatic heterocycles. The number of aromatic nitrogens is 3. The van der Waals surface area contributed by atoms with Gasteiger partial charge in [0.25, 0.3) is 5.91 Å². The van der Waals surface area contributed by atoms with Crippen molar-refractivity contribution in [2.45, 2.75) is 32.6 Å². The predicted molar refractivity (Wildman–Crippen MR) is 98.5 cm³/mol. The third kappa shape index (κ3) is 3.03. The van der Waals surface area contributed by atoms with Crippen LogP contribution in [0.2, 0.25) is 0 Å². The van der Waals surface area contributed by atoms with E-state index in [1.807, 2.05) is 43.9 Å². The first-order valence-electron chi connectivity index (χ1n) is 8.61. The van der Waals surface area contributed by atoms with Crippen molar-refractivity contribution in [2.24, 2.45) is 0 Å². The Morgan fingerprint density at radius 1 is 1.12 bits per heavy atom. The average Bonchev–Trinajstić information content (AvgIpc) is 3.33. The molecule has 1 aliphatic rings. The Hall–Kier alpha value is -2.54. The molecule has 2 atom stereocenters. The first kappa shape index (κ1) is 16.9. The van der Waals surface area contributed by atoms with Gasteiger partial charge in [-0.15, -0.1) is 11.3 Å². The Balaban J connectivity index is 1.67. The lowest BCUT2D eigenvalue weighted by Gasteiger charge is -2.16. The number of hydrogen-bond donors (Lipinski definition) is 0. The summed E-state index contributed by atoms with van der Waals surface area (Å²) < 4.78 is 5.45. The number of nitrogens with zero attached hydrogens (tertiary/aromatic N) is 4. The number of aryl methyl sites for hydroxylation is 3. The van der Waals surface area contributed by atoms with Crippen LogP contribution < -0.4 is 0 Å². The summed E-state index contributed by atoms with van der Waals surface area (Å²) in [5.74, 6) is 1.38. The molecule has 0 aliphatic carbocycles. The van der Waals surface area contributed by atoms with Crippen molar-refractivity contribution < 1.29 is 9.32 Å². The smallest absolute Gasteiger partial charge is 0.265 e. The number of hydrogen-bond acceptors (Lipinski definition) is 6. The molecule has 0 radical (unpaired) electrons. The minimum absolute atomic E-state index is 0.00289. The van der Waals surface area contributed by atoms with E-state index in [2.05, 4.69) is 27.3 Å². The Kier molecular flexibility index (Phi) is 4.32. The van der Waals surface area contributed by atoms with Crippen LogP contribution in [0, 0.1) is 20.8 Å². The topological polar surface area (TPSA) is 72.1 Å². The molecule has 2 unspecified atom stereocenters. The summed E-state index contributed by atoms with van der Waals surface area (Å²) in [6, 6.07) is 10.2. The number of carbonyl (C=O) groups is 1. The van der Waals surface area contributed by atoms with Gasteiger partial charge in [0.2, 0.25) is 5.89 Å². The minimum atomic E-state index is -0.00289. The zero-order chi connectivity index (χ0) is 18.3. The van der Waals surface area contributed by atoms with Crippen molar-refractivity contribution in [1.29, 1.82) is 0 Å². The molecule has 7 heteroatoms. The Morgan fingerprint density at radius 2 is 1.85 bits per heavy atom. The molecule has 3 heterocycles. The first-order chi connectivity index (χ1) is 12.5. The van der Waals surface area contributed by atoms with Crippen LogP contribution in [0.1, 0.15) is 49.5 Å². The molecule has 1 saturated heterocycles. The lowest BCUT2D eigenvalue weighted by atomic mass is 9.89. The summed E-state index contributed by atoms with van der Waals surface area (Å²) in [7, 11) is 0. The van der Waals surface area contributed by atoms with Gasteiger partial charge in [0.15, 0.2) is 5.82 Å². The summed E-state index contributed by atoms with van der Waals surface area (Å²) in [6.45, 7) is 6.82. The molecular weight excluding hydrogens is 348 g/mol. The number of benzene rings is 1. The van der Waals surface area contributed by atoms with Crippen LogP contribution in [0.5, 0.6) is 0 Å². The van der Waals surface area contributed by atoms with Crippen LogP contribution in [0.3, 0.4) is 0 Å². The zero-order valence-electron chi connectivity index (χ0n) is 15.0. The highest BCUT2D eigenvalue weighted by Crippen LogP contribution is 2.40. The van der Waals surface area contributed by atoms with E-state index in [9.17, 15) is 4.79 Å². The number of carbonyl (C=O) groups excluding carboxylic acids is 1. The zero-order valence-corrected chi connectivity index (χ0v) is 15.8. The van der Waals surface area contributed by atoms with Gasteiger partial charge in [-0.3, -0.25) is 4.79 Å². The summed E-state index contributed by atoms with van der Waals surface area (Å²) in [6.07, 6.45) is 0. The van der Waals surface area contributed by atoms with Gasteiger partial charge in [0.05, 0.1) is 16.6 Å². The molecule has 3 aromatic rings. The Labute approximate surface area is 155 Å². The fourth-order valence-electron chi connectivity index (χ4n) is 3.59. The van der Waals surface area contributed by atoms with Crippen LogP contribution in [0.25, 0.3) is 0 Å². The van der Waals surface area contributed by atoms with Gasteiger partial charge >= 0.3 is 0 Å². The van der Waals surface area contributed by atoms with Gasteiger partial charge < -0.3 is 9.42 Å². The van der Waals surface area contributed by atoms with E-state index < -0.39 is 0 Å². The maximum absolute atomic E-state index is 13.1. The van der Waals surface area contributed by atoms with Gasteiger partial charge in [-0.25, -0.2) is 4.98 Å². The lowest BCUT2D eigenvalue weighted by Crippen LogP contribution is -2.28. The van der Waals surface area contributed by atoms with Crippen LogP contribution in [-0.4, -0.2) is 39.0 Å². The van der Waals surface area contributed by atoms with Crippen LogP contribution >= 0.6 is 11.3 Å². The van der Waals surface area contributed by atoms with Crippen molar-refractivity contribution in [2.75, 3.05) is 13.1 Å². The highest BCUT2D eigenvalue weighted by molar-refractivity contribution is 7.13. The van der Waals surface area contributed by atoms with E-state index in [4.69, 9.17) is 4.52 Å². The summed E-state index contributed by atoms with van der Waals surface area (Å²) in [5.41, 5.74) is 1.98. The van der Waals surface area contributed by atoms with Crippen LogP contribution in [-0.2, 0) is 0 Å². The van der Waals surface area contributed by atoms with Crippen molar-refractivity contribution in [3.8, 4) is 0 Å². The van der Waals surface area contributed by atoms with Crippen molar-refractivity contribution in [3.63, 3.8) is 0 Å². The van der Waals surface area contributed by atoms with E-state index in [0.29, 0.717) is 24.8 Å². The van der Waals surface area contributed by atoms with E-state index in [1.54, 1.807) is 0 Å². The molecule has 26 heavy (non-hydrogen) atoms. The maximum Gasteiger partial charge on any atom is 0.265 e. The Morgan fingerprint density at radius 3 is 2.46 bits per heavy atom. The normalized spacial score (nSPS) is 19.9. The maximum atomic E-state index is 13.1. The third-order valence-electron chi connectivity index (χ3n) is 4.79. The molecular formula is C19H20N4O2S. The summed E-state index contributed by atoms with van der Waals surface area (Å²) >= 11 is 1.45. The summed E-state index contributed by atoms with van der Waals surface area (Å²) in [5, 5.41) is 4.85. The molecule has 0 N–H and O–H groups in total. The number of likely N-dealkylation sites (tertiary alicyclic amines) is 1. The fraction of sp³-hybridized carbons (Fsp3) is 0.368. The molecule has 6 nitrogen and oxygen atoms in total. The van der Waals surface area contributed by atoms with Gasteiger partial charge in [-0.1, -0.05) is 35.5 Å². The number of thiazole rings is 1. The molecule has 1 fully saturated rings. The second-order valence-electron chi connectivity index (χ2n) is 6.66. The molecule has 1 amide bonds. The van der Waals surface area contributed by atoms with Crippen molar-refractivity contribution in [1.82, 2.24) is 20.0 Å². The van der Waals surface area contributed by atoms with E-state index in [-0.39, 0.29) is 17.7 Å². The minimum Gasteiger partial charge on any atom is -0.339 e. The first-order valence-corrected chi connectivity index (χ1v) is 9.43. The highest BCUT2D eigenvalue weighted by atomic mass is 32.1. The van der Waals surface area contributed by atoms with Gasteiger partial charge in [0, 0.05) is 19.0 Å². The van der Waals surface area contributed by atoms with Gasteiger partial charge in [-0.2, -0.15) is 4.98 Å². The molecule has 2 aromatic heterocycles. The lowest BCUT2D eigenvalue weighted by molar-refractivity contribution is 0.0792. The largest absolute Gasteiger partial charge is 0.339 e. The van der Waals surface area contributed by atoms with E-state index in [0.717, 1.165) is 15.6 Å². The molecule has 0 spiro atoms. The monoisotopic (exact) mass is 368 g/mol. The average molecular weight is 368 g/mol. The quantitative estimate of drug-likeness (QED) is 0.708. The van der Waals surface area contributed by atoms with Crippen molar-refractivity contribution in [3.05, 3.63) is 63.2 Å². The molecule has 0 saturated carbocycles.